The van der Waals surface area contributed by atoms with Gasteiger partial charge >= 0.3 is 6.03 Å². The summed E-state index contributed by atoms with van der Waals surface area (Å²) in [7, 11) is 0. The predicted octanol–water partition coefficient (Wildman–Crippen LogP) is 3.47. The fourth-order valence-electron chi connectivity index (χ4n) is 3.51. The number of benzene rings is 1. The van der Waals surface area contributed by atoms with E-state index in [0.29, 0.717) is 32.6 Å². The van der Waals surface area contributed by atoms with Gasteiger partial charge in [-0.05, 0) is 30.5 Å². The highest BCUT2D eigenvalue weighted by Gasteiger charge is 2.22. The van der Waals surface area contributed by atoms with Gasteiger partial charge in [-0.2, -0.15) is 0 Å². The van der Waals surface area contributed by atoms with Crippen molar-refractivity contribution < 1.29 is 14.0 Å². The van der Waals surface area contributed by atoms with Crippen LogP contribution in [0.15, 0.2) is 24.3 Å². The molecule has 1 saturated heterocycles. The standard InChI is InChI=1S/C23H37FN4O2/c1-3-5-7-22(29)28(19-20-8-10-21(24)11-9-20)18-15-26-13-16-27(17-14-26)23(30)25-12-6-4-2/h8-11H,3-7,12-19H2,1-2H3,(H,25,30). The molecule has 0 saturated carbocycles. The number of halogens is 1. The van der Waals surface area contributed by atoms with Crippen LogP contribution < -0.4 is 5.32 Å². The van der Waals surface area contributed by atoms with E-state index in [1.54, 1.807) is 12.1 Å². The number of carbonyl (C=O) groups excluding carboxylic acids is 2. The first kappa shape index (κ1) is 24.1. The maximum Gasteiger partial charge on any atom is 0.317 e. The first-order valence-electron chi connectivity index (χ1n) is 11.3. The number of nitrogens with one attached hydrogen (secondary N) is 1. The van der Waals surface area contributed by atoms with Gasteiger partial charge in [-0.25, -0.2) is 9.18 Å². The van der Waals surface area contributed by atoms with Crippen molar-refractivity contribution in [1.29, 1.82) is 0 Å². The molecule has 0 radical (unpaired) electrons. The summed E-state index contributed by atoms with van der Waals surface area (Å²) in [5.74, 6) is -0.116. The largest absolute Gasteiger partial charge is 0.338 e. The van der Waals surface area contributed by atoms with Gasteiger partial charge in [0.05, 0.1) is 0 Å². The van der Waals surface area contributed by atoms with E-state index in [-0.39, 0.29) is 17.8 Å². The number of amides is 3. The fraction of sp³-hybridized carbons (Fsp3) is 0.652. The smallest absolute Gasteiger partial charge is 0.317 e. The molecule has 3 amide bonds. The Kier molecular flexibility index (Phi) is 10.6. The van der Waals surface area contributed by atoms with Crippen LogP contribution in [0.25, 0.3) is 0 Å². The van der Waals surface area contributed by atoms with Gasteiger partial charge in [0.1, 0.15) is 5.82 Å². The number of hydrogen-bond acceptors (Lipinski definition) is 3. The zero-order valence-electron chi connectivity index (χ0n) is 18.5. The van der Waals surface area contributed by atoms with Crippen molar-refractivity contribution >= 4 is 11.9 Å². The molecule has 0 aromatic heterocycles. The summed E-state index contributed by atoms with van der Waals surface area (Å²) >= 11 is 0. The lowest BCUT2D eigenvalue weighted by molar-refractivity contribution is -0.132. The number of urea groups is 1. The van der Waals surface area contributed by atoms with Crippen LogP contribution in [0.3, 0.4) is 0 Å². The van der Waals surface area contributed by atoms with Gasteiger partial charge in [-0.3, -0.25) is 9.69 Å². The maximum absolute atomic E-state index is 13.2. The average Bonchev–Trinajstić information content (AvgIpc) is 2.76. The molecule has 1 aliphatic heterocycles. The second kappa shape index (κ2) is 13.2. The van der Waals surface area contributed by atoms with Gasteiger partial charge in [-0.15, -0.1) is 0 Å². The summed E-state index contributed by atoms with van der Waals surface area (Å²) in [6.07, 6.45) is 4.48. The molecule has 168 valence electrons. The van der Waals surface area contributed by atoms with E-state index in [0.717, 1.165) is 57.4 Å². The van der Waals surface area contributed by atoms with Crippen molar-refractivity contribution in [1.82, 2.24) is 20.0 Å². The Labute approximate surface area is 180 Å². The highest BCUT2D eigenvalue weighted by molar-refractivity contribution is 5.76. The predicted molar refractivity (Wildman–Crippen MR) is 118 cm³/mol. The number of nitrogens with zero attached hydrogens (tertiary/aromatic N) is 3. The molecule has 1 fully saturated rings. The third-order valence-corrected chi connectivity index (χ3v) is 5.54. The van der Waals surface area contributed by atoms with Crippen LogP contribution in [0.5, 0.6) is 0 Å². The zero-order valence-corrected chi connectivity index (χ0v) is 18.5. The molecule has 2 rings (SSSR count). The number of carbonyl (C=O) groups is 2. The van der Waals surface area contributed by atoms with E-state index >= 15 is 0 Å². The lowest BCUT2D eigenvalue weighted by atomic mass is 10.1. The first-order chi connectivity index (χ1) is 14.5. The molecule has 7 heteroatoms. The molecule has 1 aliphatic rings. The second-order valence-corrected chi connectivity index (χ2v) is 7.96. The number of piperazine rings is 1. The minimum absolute atomic E-state index is 0.0239. The topological polar surface area (TPSA) is 55.9 Å². The molecule has 1 aromatic rings. The number of unbranched alkanes of at least 4 members (excludes halogenated alkanes) is 2. The summed E-state index contributed by atoms with van der Waals surface area (Å²) in [5.41, 5.74) is 0.940. The molecule has 1 heterocycles. The summed E-state index contributed by atoms with van der Waals surface area (Å²) in [4.78, 5) is 30.9. The Morgan fingerprint density at radius 3 is 2.33 bits per heavy atom. The quantitative estimate of drug-likeness (QED) is 0.558. The molecule has 30 heavy (non-hydrogen) atoms. The van der Waals surface area contributed by atoms with E-state index in [9.17, 15) is 14.0 Å². The minimum Gasteiger partial charge on any atom is -0.338 e. The van der Waals surface area contributed by atoms with Crippen molar-refractivity contribution in [3.05, 3.63) is 35.6 Å². The van der Waals surface area contributed by atoms with Gasteiger partial charge in [0.2, 0.25) is 5.91 Å². The average molecular weight is 421 g/mol. The van der Waals surface area contributed by atoms with Crippen molar-refractivity contribution in [2.45, 2.75) is 52.5 Å². The normalized spacial score (nSPS) is 14.6. The summed E-state index contributed by atoms with van der Waals surface area (Å²) in [5, 5.41) is 2.97. The molecule has 0 unspecified atom stereocenters. The van der Waals surface area contributed by atoms with Crippen molar-refractivity contribution in [3.8, 4) is 0 Å². The lowest BCUT2D eigenvalue weighted by Gasteiger charge is -2.36. The van der Waals surface area contributed by atoms with Crippen molar-refractivity contribution in [3.63, 3.8) is 0 Å². The Morgan fingerprint density at radius 2 is 1.70 bits per heavy atom. The van der Waals surface area contributed by atoms with Gasteiger partial charge in [0.15, 0.2) is 0 Å². The van der Waals surface area contributed by atoms with Gasteiger partial charge in [-0.1, -0.05) is 38.8 Å². The van der Waals surface area contributed by atoms with Crippen molar-refractivity contribution in [2.75, 3.05) is 45.8 Å². The van der Waals surface area contributed by atoms with Crippen molar-refractivity contribution in [2.24, 2.45) is 0 Å². The van der Waals surface area contributed by atoms with E-state index < -0.39 is 0 Å². The Bertz CT molecular complexity index is 645. The van der Waals surface area contributed by atoms with Gasteiger partial charge in [0.25, 0.3) is 0 Å². The second-order valence-electron chi connectivity index (χ2n) is 7.96. The third kappa shape index (κ3) is 8.30. The van der Waals surface area contributed by atoms with Crippen LogP contribution in [-0.2, 0) is 11.3 Å². The van der Waals surface area contributed by atoms with E-state index in [1.165, 1.54) is 12.1 Å². The van der Waals surface area contributed by atoms with Gasteiger partial charge < -0.3 is 15.1 Å². The monoisotopic (exact) mass is 420 g/mol. The SMILES string of the molecule is CCCCNC(=O)N1CCN(CCN(Cc2ccc(F)cc2)C(=O)CCCC)CC1. The number of hydrogen-bond donors (Lipinski definition) is 1. The molecule has 1 aromatic carbocycles. The Morgan fingerprint density at radius 1 is 1.03 bits per heavy atom. The van der Waals surface area contributed by atoms with E-state index in [2.05, 4.69) is 24.1 Å². The molecule has 0 atom stereocenters. The summed E-state index contributed by atoms with van der Waals surface area (Å²) in [6, 6.07) is 6.39. The fourth-order valence-corrected chi connectivity index (χ4v) is 3.51. The Hall–Kier alpha value is -2.15. The molecular weight excluding hydrogens is 383 g/mol. The van der Waals surface area contributed by atoms with Crippen LogP contribution >= 0.6 is 0 Å². The zero-order chi connectivity index (χ0) is 21.8. The Balaban J connectivity index is 1.82. The first-order valence-corrected chi connectivity index (χ1v) is 11.3. The molecular formula is C23H37FN4O2. The van der Waals surface area contributed by atoms with Gasteiger partial charge in [0, 0.05) is 58.8 Å². The number of rotatable bonds is 11. The third-order valence-electron chi connectivity index (χ3n) is 5.54. The molecule has 0 spiro atoms. The summed E-state index contributed by atoms with van der Waals surface area (Å²) in [6.45, 7) is 9.89. The van der Waals surface area contributed by atoms with Crippen LogP contribution in [0, 0.1) is 5.82 Å². The highest BCUT2D eigenvalue weighted by Crippen LogP contribution is 2.11. The van der Waals surface area contributed by atoms with Crippen LogP contribution in [0.2, 0.25) is 0 Å². The summed E-state index contributed by atoms with van der Waals surface area (Å²) < 4.78 is 13.2. The van der Waals surface area contributed by atoms with Crippen LogP contribution in [-0.4, -0.2) is 72.5 Å². The van der Waals surface area contributed by atoms with Crippen LogP contribution in [0.4, 0.5) is 9.18 Å². The van der Waals surface area contributed by atoms with E-state index in [4.69, 9.17) is 0 Å². The molecule has 1 N–H and O–H groups in total. The molecule has 6 nitrogen and oxygen atoms in total. The van der Waals surface area contributed by atoms with E-state index in [1.807, 2.05) is 9.80 Å². The molecule has 0 aliphatic carbocycles. The lowest BCUT2D eigenvalue weighted by Crippen LogP contribution is -2.53. The highest BCUT2D eigenvalue weighted by atomic mass is 19.1. The molecule has 0 bridgehead atoms. The van der Waals surface area contributed by atoms with Crippen LogP contribution in [0.1, 0.15) is 51.5 Å². The minimum atomic E-state index is -0.265. The maximum atomic E-state index is 13.2.